The van der Waals surface area contributed by atoms with Gasteiger partial charge in [-0.1, -0.05) is 48.5 Å². The summed E-state index contributed by atoms with van der Waals surface area (Å²) in [5.41, 5.74) is 2.08. The minimum Gasteiger partial charge on any atom is -0.490 e. The normalized spacial score (nSPS) is 12.4. The number of fused-ring (bicyclic) bond motifs is 4. The van der Waals surface area contributed by atoms with Crippen LogP contribution in [0.4, 0.5) is 5.82 Å². The van der Waals surface area contributed by atoms with Gasteiger partial charge in [-0.3, -0.25) is 0 Å². The van der Waals surface area contributed by atoms with Crippen molar-refractivity contribution < 1.29 is 14.3 Å². The van der Waals surface area contributed by atoms with Crippen molar-refractivity contribution in [2.24, 2.45) is 0 Å². The van der Waals surface area contributed by atoms with E-state index >= 15 is 0 Å². The first-order valence-corrected chi connectivity index (χ1v) is 9.44. The van der Waals surface area contributed by atoms with Crippen LogP contribution in [0, 0.1) is 0 Å². The van der Waals surface area contributed by atoms with Crippen LogP contribution >= 0.6 is 0 Å². The number of nitrogens with zero attached hydrogens (tertiary/aromatic N) is 2. The van der Waals surface area contributed by atoms with Gasteiger partial charge < -0.3 is 19.6 Å². The van der Waals surface area contributed by atoms with Crippen LogP contribution in [0.1, 0.15) is 0 Å². The fraction of sp³-hybridized carbons (Fsp3) is 0.130. The summed E-state index contributed by atoms with van der Waals surface area (Å²) in [4.78, 5) is 8.60. The highest BCUT2D eigenvalue weighted by Crippen LogP contribution is 2.30. The molecule has 29 heavy (non-hydrogen) atoms. The van der Waals surface area contributed by atoms with Gasteiger partial charge in [0.1, 0.15) is 35.9 Å². The Labute approximate surface area is 166 Å². The van der Waals surface area contributed by atoms with E-state index in [4.69, 9.17) is 9.15 Å². The molecular formula is C23H19N3O3. The zero-order valence-corrected chi connectivity index (χ0v) is 15.6. The predicted molar refractivity (Wildman–Crippen MR) is 113 cm³/mol. The van der Waals surface area contributed by atoms with E-state index in [1.165, 1.54) is 6.33 Å². The first kappa shape index (κ1) is 17.5. The second-order valence-electron chi connectivity index (χ2n) is 6.82. The average molecular weight is 385 g/mol. The number of nitrogens with one attached hydrogen (secondary N) is 1. The van der Waals surface area contributed by atoms with Crippen LogP contribution in [0.5, 0.6) is 5.75 Å². The molecule has 3 aromatic carbocycles. The Kier molecular flexibility index (Phi) is 4.46. The van der Waals surface area contributed by atoms with Crippen LogP contribution in [0.25, 0.3) is 32.8 Å². The maximum absolute atomic E-state index is 10.4. The lowest BCUT2D eigenvalue weighted by Crippen LogP contribution is -2.26. The smallest absolute Gasteiger partial charge is 0.196 e. The number of para-hydroxylation sites is 1. The summed E-state index contributed by atoms with van der Waals surface area (Å²) in [7, 11) is 0. The summed E-state index contributed by atoms with van der Waals surface area (Å²) in [5, 5.41) is 16.6. The lowest BCUT2D eigenvalue weighted by molar-refractivity contribution is 0.118. The Morgan fingerprint density at radius 3 is 2.66 bits per heavy atom. The molecule has 0 radical (unpaired) electrons. The third-order valence-corrected chi connectivity index (χ3v) is 4.84. The molecule has 1 atom stereocenters. The lowest BCUT2D eigenvalue weighted by Gasteiger charge is -2.15. The van der Waals surface area contributed by atoms with E-state index in [2.05, 4.69) is 15.3 Å². The molecule has 0 aliphatic carbocycles. The molecule has 0 spiro atoms. The highest BCUT2D eigenvalue weighted by Gasteiger charge is 2.14. The molecule has 2 aromatic heterocycles. The molecule has 2 N–H and O–H groups in total. The molecule has 1 unspecified atom stereocenters. The van der Waals surface area contributed by atoms with Gasteiger partial charge in [0.05, 0.1) is 0 Å². The van der Waals surface area contributed by atoms with Gasteiger partial charge in [0, 0.05) is 17.3 Å². The van der Waals surface area contributed by atoms with E-state index in [-0.39, 0.29) is 13.2 Å². The van der Waals surface area contributed by atoms with Gasteiger partial charge in [0.2, 0.25) is 0 Å². The molecule has 0 fully saturated rings. The fourth-order valence-corrected chi connectivity index (χ4v) is 3.43. The van der Waals surface area contributed by atoms with Crippen molar-refractivity contribution in [1.29, 1.82) is 0 Å². The largest absolute Gasteiger partial charge is 0.490 e. The van der Waals surface area contributed by atoms with E-state index < -0.39 is 6.10 Å². The molecule has 5 rings (SSSR count). The number of furan rings is 1. The molecule has 144 valence electrons. The Morgan fingerprint density at radius 1 is 0.931 bits per heavy atom. The molecule has 6 nitrogen and oxygen atoms in total. The Bertz CT molecular complexity index is 1290. The molecule has 0 saturated carbocycles. The van der Waals surface area contributed by atoms with E-state index in [0.29, 0.717) is 11.4 Å². The molecule has 6 heteroatoms. The van der Waals surface area contributed by atoms with Crippen LogP contribution in [0.2, 0.25) is 0 Å². The topological polar surface area (TPSA) is 80.4 Å². The lowest BCUT2D eigenvalue weighted by atomic mass is 10.1. The van der Waals surface area contributed by atoms with E-state index in [9.17, 15) is 5.11 Å². The quantitative estimate of drug-likeness (QED) is 0.451. The summed E-state index contributed by atoms with van der Waals surface area (Å²) in [6, 6.07) is 21.6. The zero-order valence-electron chi connectivity index (χ0n) is 15.6. The third kappa shape index (κ3) is 3.34. The third-order valence-electron chi connectivity index (χ3n) is 4.84. The molecule has 0 bridgehead atoms. The fourth-order valence-electron chi connectivity index (χ4n) is 3.43. The van der Waals surface area contributed by atoms with Gasteiger partial charge in [-0.15, -0.1) is 0 Å². The van der Waals surface area contributed by atoms with Crippen LogP contribution in [0.3, 0.4) is 0 Å². The van der Waals surface area contributed by atoms with Gasteiger partial charge in [-0.25, -0.2) is 9.97 Å². The second kappa shape index (κ2) is 7.41. The average Bonchev–Trinajstić information content (AvgIpc) is 3.15. The Morgan fingerprint density at radius 2 is 1.72 bits per heavy atom. The Hall–Kier alpha value is -3.64. The van der Waals surface area contributed by atoms with Crippen molar-refractivity contribution in [3.05, 3.63) is 73.1 Å². The first-order valence-electron chi connectivity index (χ1n) is 9.44. The minimum absolute atomic E-state index is 0.162. The number of rotatable bonds is 6. The van der Waals surface area contributed by atoms with Crippen LogP contribution in [-0.2, 0) is 0 Å². The SMILES string of the molecule is OC(CNc1ncnc2c1oc1ccccc12)COc1cccc2ccccc12. The Balaban J connectivity index is 1.29. The number of anilines is 1. The van der Waals surface area contributed by atoms with E-state index in [1.807, 2.05) is 66.7 Å². The predicted octanol–water partition coefficient (Wildman–Crippen LogP) is 4.38. The van der Waals surface area contributed by atoms with Crippen LogP contribution in [-0.4, -0.2) is 34.3 Å². The molecular weight excluding hydrogens is 366 g/mol. The molecule has 0 amide bonds. The molecule has 2 heterocycles. The number of benzene rings is 3. The summed E-state index contributed by atoms with van der Waals surface area (Å²) in [6.07, 6.45) is 0.773. The van der Waals surface area contributed by atoms with E-state index in [1.54, 1.807) is 0 Å². The van der Waals surface area contributed by atoms with Gasteiger partial charge >= 0.3 is 0 Å². The van der Waals surface area contributed by atoms with Gasteiger partial charge in [0.25, 0.3) is 0 Å². The van der Waals surface area contributed by atoms with E-state index in [0.717, 1.165) is 33.0 Å². The van der Waals surface area contributed by atoms with Crippen molar-refractivity contribution in [2.75, 3.05) is 18.5 Å². The number of ether oxygens (including phenoxy) is 1. The first-order chi connectivity index (χ1) is 14.3. The molecule has 0 aliphatic heterocycles. The molecule has 5 aromatic rings. The maximum atomic E-state index is 10.4. The number of aliphatic hydroxyl groups is 1. The zero-order chi connectivity index (χ0) is 19.6. The highest BCUT2D eigenvalue weighted by molar-refractivity contribution is 6.05. The molecule has 0 saturated heterocycles. The second-order valence-corrected chi connectivity index (χ2v) is 6.82. The summed E-state index contributed by atoms with van der Waals surface area (Å²) in [6.45, 7) is 0.434. The van der Waals surface area contributed by atoms with Crippen LogP contribution in [0.15, 0.2) is 77.5 Å². The van der Waals surface area contributed by atoms with Crippen molar-refractivity contribution in [3.63, 3.8) is 0 Å². The number of hydrogen-bond donors (Lipinski definition) is 2. The summed E-state index contributed by atoms with van der Waals surface area (Å²) < 4.78 is 11.8. The highest BCUT2D eigenvalue weighted by atomic mass is 16.5. The van der Waals surface area contributed by atoms with Gasteiger partial charge in [-0.2, -0.15) is 0 Å². The monoisotopic (exact) mass is 385 g/mol. The van der Waals surface area contributed by atoms with Gasteiger partial charge in [-0.05, 0) is 23.6 Å². The van der Waals surface area contributed by atoms with Crippen molar-refractivity contribution in [2.45, 2.75) is 6.10 Å². The number of hydrogen-bond acceptors (Lipinski definition) is 6. The number of aliphatic hydroxyl groups excluding tert-OH is 1. The van der Waals surface area contributed by atoms with Crippen LogP contribution < -0.4 is 10.1 Å². The van der Waals surface area contributed by atoms with Crippen molar-refractivity contribution >= 4 is 38.7 Å². The number of aromatic nitrogens is 2. The summed E-state index contributed by atoms with van der Waals surface area (Å²) in [5.74, 6) is 1.30. The van der Waals surface area contributed by atoms with Crippen molar-refractivity contribution in [1.82, 2.24) is 9.97 Å². The van der Waals surface area contributed by atoms with Crippen molar-refractivity contribution in [3.8, 4) is 5.75 Å². The standard InChI is InChI=1S/C23H19N3O3/c27-16(13-28-19-11-5-7-15-6-1-2-8-17(15)19)12-24-23-22-21(25-14-26-23)18-9-3-4-10-20(18)29-22/h1-11,14,16,27H,12-13H2,(H,24,25,26). The molecule has 0 aliphatic rings. The van der Waals surface area contributed by atoms with Gasteiger partial charge in [0.15, 0.2) is 11.4 Å². The maximum Gasteiger partial charge on any atom is 0.196 e. The minimum atomic E-state index is -0.719. The summed E-state index contributed by atoms with van der Waals surface area (Å²) >= 11 is 0.